The molecule has 0 heterocycles. The minimum Gasteiger partial charge on any atom is -0.0853 e. The van der Waals surface area contributed by atoms with Gasteiger partial charge < -0.3 is 0 Å². The van der Waals surface area contributed by atoms with Crippen molar-refractivity contribution in [3.63, 3.8) is 0 Å². The lowest BCUT2D eigenvalue weighted by Crippen LogP contribution is -1.76. The number of allylic oxidation sites excluding steroid dienone is 2. The van der Waals surface area contributed by atoms with Crippen molar-refractivity contribution < 1.29 is 0 Å². The van der Waals surface area contributed by atoms with Crippen LogP contribution >= 0.6 is 0 Å². The largest absolute Gasteiger partial charge is 0.0853 e. The SMILES string of the molecule is [CH2]C=C(C)CCCC[CH2]. The van der Waals surface area contributed by atoms with Gasteiger partial charge in [0.1, 0.15) is 0 Å². The molecular weight excluding hydrogens is 108 g/mol. The van der Waals surface area contributed by atoms with Crippen LogP contribution in [0.25, 0.3) is 0 Å². The van der Waals surface area contributed by atoms with Crippen LogP contribution in [0.5, 0.6) is 0 Å². The molecule has 0 heteroatoms. The molecule has 0 nitrogen and oxygen atoms in total. The molecule has 0 aliphatic rings. The normalized spacial score (nSPS) is 12.1. The average Bonchev–Trinajstić information content (AvgIpc) is 1.89. The molecule has 0 rings (SSSR count). The molecule has 0 aromatic rings. The molecule has 0 atom stereocenters. The minimum absolute atomic E-state index is 1.06. The van der Waals surface area contributed by atoms with Crippen LogP contribution < -0.4 is 0 Å². The molecular formula is C9H16. The maximum Gasteiger partial charge on any atom is -0.0313 e. The first-order chi connectivity index (χ1) is 4.31. The predicted octanol–water partition coefficient (Wildman–Crippen LogP) is 3.16. The Balaban J connectivity index is 3.07. The molecule has 0 bridgehead atoms. The van der Waals surface area contributed by atoms with E-state index >= 15 is 0 Å². The highest BCUT2D eigenvalue weighted by atomic mass is 13.9. The van der Waals surface area contributed by atoms with Crippen LogP contribution in [0.3, 0.4) is 0 Å². The molecule has 0 spiro atoms. The van der Waals surface area contributed by atoms with E-state index in [1.165, 1.54) is 24.8 Å². The second kappa shape index (κ2) is 5.87. The van der Waals surface area contributed by atoms with E-state index in [-0.39, 0.29) is 0 Å². The van der Waals surface area contributed by atoms with E-state index in [0.717, 1.165) is 6.42 Å². The highest BCUT2D eigenvalue weighted by Crippen LogP contribution is 2.06. The molecule has 0 aromatic carbocycles. The second-order valence-electron chi connectivity index (χ2n) is 2.36. The minimum atomic E-state index is 1.06. The quantitative estimate of drug-likeness (QED) is 0.505. The van der Waals surface area contributed by atoms with Crippen LogP contribution in [0.4, 0.5) is 0 Å². The zero-order chi connectivity index (χ0) is 7.11. The van der Waals surface area contributed by atoms with E-state index in [0.29, 0.717) is 0 Å². The fourth-order valence-electron chi connectivity index (χ4n) is 0.683. The van der Waals surface area contributed by atoms with Crippen molar-refractivity contribution in [1.82, 2.24) is 0 Å². The topological polar surface area (TPSA) is 0 Å². The lowest BCUT2D eigenvalue weighted by molar-refractivity contribution is 0.741. The van der Waals surface area contributed by atoms with Gasteiger partial charge in [0, 0.05) is 0 Å². The molecule has 0 N–H and O–H groups in total. The maximum absolute atomic E-state index is 3.77. The summed E-state index contributed by atoms with van der Waals surface area (Å²) in [5.41, 5.74) is 1.39. The summed E-state index contributed by atoms with van der Waals surface area (Å²) in [6.07, 6.45) is 6.69. The molecule has 0 aliphatic carbocycles. The Bertz CT molecular complexity index is 80.0. The Kier molecular flexibility index (Phi) is 5.70. The maximum atomic E-state index is 3.77. The Morgan fingerprint density at radius 3 is 2.56 bits per heavy atom. The summed E-state index contributed by atoms with van der Waals surface area (Å²) in [5.74, 6) is 0. The van der Waals surface area contributed by atoms with Gasteiger partial charge in [-0.1, -0.05) is 31.4 Å². The van der Waals surface area contributed by atoms with Gasteiger partial charge in [0.25, 0.3) is 0 Å². The van der Waals surface area contributed by atoms with Gasteiger partial charge in [-0.05, 0) is 26.7 Å². The van der Waals surface area contributed by atoms with Gasteiger partial charge in [0.2, 0.25) is 0 Å². The third kappa shape index (κ3) is 5.61. The van der Waals surface area contributed by atoms with Crippen molar-refractivity contribution in [2.24, 2.45) is 0 Å². The van der Waals surface area contributed by atoms with E-state index in [2.05, 4.69) is 20.8 Å². The predicted molar refractivity (Wildman–Crippen MR) is 42.9 cm³/mol. The zero-order valence-corrected chi connectivity index (χ0v) is 6.32. The molecule has 0 fully saturated rings. The van der Waals surface area contributed by atoms with Gasteiger partial charge in [-0.2, -0.15) is 0 Å². The summed E-state index contributed by atoms with van der Waals surface area (Å²) in [6.45, 7) is 9.58. The molecule has 0 saturated heterocycles. The van der Waals surface area contributed by atoms with Crippen molar-refractivity contribution in [2.75, 3.05) is 0 Å². The van der Waals surface area contributed by atoms with Crippen LogP contribution in [0.15, 0.2) is 11.6 Å². The Morgan fingerprint density at radius 2 is 2.11 bits per heavy atom. The fourth-order valence-corrected chi connectivity index (χ4v) is 0.683. The van der Waals surface area contributed by atoms with Gasteiger partial charge in [-0.3, -0.25) is 0 Å². The standard InChI is InChI=1S/C9H16/c1-4-6-7-8-9(3)5-2/h5H,1-2,4,6-8H2,3H3. The molecule has 0 aliphatic heterocycles. The number of hydrogen-bond acceptors (Lipinski definition) is 0. The van der Waals surface area contributed by atoms with E-state index in [9.17, 15) is 0 Å². The Labute approximate surface area is 59.0 Å². The summed E-state index contributed by atoms with van der Waals surface area (Å²) in [4.78, 5) is 0. The third-order valence-electron chi connectivity index (χ3n) is 1.42. The summed E-state index contributed by atoms with van der Waals surface area (Å²) in [7, 11) is 0. The molecule has 0 aromatic heterocycles. The molecule has 0 amide bonds. The number of unbranched alkanes of at least 4 members (excludes halogenated alkanes) is 2. The van der Waals surface area contributed by atoms with Crippen molar-refractivity contribution in [2.45, 2.75) is 32.6 Å². The first-order valence-corrected chi connectivity index (χ1v) is 3.55. The van der Waals surface area contributed by atoms with E-state index in [4.69, 9.17) is 0 Å². The van der Waals surface area contributed by atoms with Crippen molar-refractivity contribution in [1.29, 1.82) is 0 Å². The van der Waals surface area contributed by atoms with Gasteiger partial charge in [-0.15, -0.1) is 0 Å². The molecule has 9 heavy (non-hydrogen) atoms. The highest BCUT2D eigenvalue weighted by molar-refractivity contribution is 4.99. The van der Waals surface area contributed by atoms with Gasteiger partial charge in [-0.25, -0.2) is 0 Å². The summed E-state index contributed by atoms with van der Waals surface area (Å²) in [6, 6.07) is 0. The first kappa shape index (κ1) is 8.74. The van der Waals surface area contributed by atoms with Crippen LogP contribution in [0, 0.1) is 13.8 Å². The van der Waals surface area contributed by atoms with Crippen LogP contribution in [-0.2, 0) is 0 Å². The van der Waals surface area contributed by atoms with E-state index in [1.807, 2.05) is 6.08 Å². The monoisotopic (exact) mass is 124 g/mol. The molecule has 52 valence electrons. The van der Waals surface area contributed by atoms with Gasteiger partial charge >= 0.3 is 0 Å². The van der Waals surface area contributed by atoms with Crippen LogP contribution in [-0.4, -0.2) is 0 Å². The smallest absolute Gasteiger partial charge is 0.0313 e. The fraction of sp³-hybridized carbons (Fsp3) is 0.556. The van der Waals surface area contributed by atoms with E-state index < -0.39 is 0 Å². The van der Waals surface area contributed by atoms with Gasteiger partial charge in [0.05, 0.1) is 0 Å². The lowest BCUT2D eigenvalue weighted by atomic mass is 10.1. The molecule has 2 radical (unpaired) electrons. The van der Waals surface area contributed by atoms with Crippen molar-refractivity contribution in [3.05, 3.63) is 25.5 Å². The summed E-state index contributed by atoms with van der Waals surface area (Å²) in [5, 5.41) is 0. The molecule has 0 unspecified atom stereocenters. The molecule has 0 saturated carbocycles. The lowest BCUT2D eigenvalue weighted by Gasteiger charge is -1.96. The number of rotatable bonds is 4. The Hall–Kier alpha value is -0.260. The van der Waals surface area contributed by atoms with Crippen molar-refractivity contribution >= 4 is 0 Å². The third-order valence-corrected chi connectivity index (χ3v) is 1.42. The van der Waals surface area contributed by atoms with E-state index in [1.54, 1.807) is 0 Å². The zero-order valence-electron chi connectivity index (χ0n) is 6.32. The van der Waals surface area contributed by atoms with Crippen LogP contribution in [0.2, 0.25) is 0 Å². The number of hydrogen-bond donors (Lipinski definition) is 0. The first-order valence-electron chi connectivity index (χ1n) is 3.55. The van der Waals surface area contributed by atoms with Gasteiger partial charge in [0.15, 0.2) is 0 Å². The van der Waals surface area contributed by atoms with Crippen LogP contribution in [0.1, 0.15) is 32.6 Å². The Morgan fingerprint density at radius 1 is 1.44 bits per heavy atom. The summed E-state index contributed by atoms with van der Waals surface area (Å²) < 4.78 is 0. The average molecular weight is 124 g/mol. The summed E-state index contributed by atoms with van der Waals surface area (Å²) >= 11 is 0. The highest BCUT2D eigenvalue weighted by Gasteiger charge is 1.86. The van der Waals surface area contributed by atoms with Crippen molar-refractivity contribution in [3.8, 4) is 0 Å². The second-order valence-corrected chi connectivity index (χ2v) is 2.36.